The van der Waals surface area contributed by atoms with Crippen molar-refractivity contribution in [3.05, 3.63) is 16.6 Å². The summed E-state index contributed by atoms with van der Waals surface area (Å²) < 4.78 is 5.68. The third kappa shape index (κ3) is 3.19. The van der Waals surface area contributed by atoms with Gasteiger partial charge in [0, 0.05) is 24.7 Å². The van der Waals surface area contributed by atoms with Crippen molar-refractivity contribution in [1.29, 1.82) is 0 Å². The van der Waals surface area contributed by atoms with Crippen LogP contribution < -0.4 is 5.32 Å². The summed E-state index contributed by atoms with van der Waals surface area (Å²) in [6, 6.07) is 0. The molecule has 1 saturated heterocycles. The molecule has 4 nitrogen and oxygen atoms in total. The van der Waals surface area contributed by atoms with E-state index in [1.165, 1.54) is 0 Å². The van der Waals surface area contributed by atoms with Crippen molar-refractivity contribution in [2.75, 3.05) is 18.5 Å². The van der Waals surface area contributed by atoms with Crippen LogP contribution in [0.3, 0.4) is 0 Å². The quantitative estimate of drug-likeness (QED) is 0.900. The molecule has 3 heterocycles. The second-order valence-electron chi connectivity index (χ2n) is 5.38. The molecule has 0 spiro atoms. The van der Waals surface area contributed by atoms with Crippen LogP contribution in [0.2, 0.25) is 0 Å². The van der Waals surface area contributed by atoms with Gasteiger partial charge in [-0.3, -0.25) is 0 Å². The maximum absolute atomic E-state index is 5.68. The molecule has 1 atom stereocenters. The first kappa shape index (κ1) is 14.0. The van der Waals surface area contributed by atoms with Crippen molar-refractivity contribution in [2.45, 2.75) is 32.8 Å². The predicted octanol–water partition coefficient (Wildman–Crippen LogP) is 4.19. The van der Waals surface area contributed by atoms with Crippen molar-refractivity contribution in [2.24, 2.45) is 5.92 Å². The highest BCUT2D eigenvalue weighted by molar-refractivity contribution is 7.16. The average molecular weight is 309 g/mol. The van der Waals surface area contributed by atoms with Crippen LogP contribution >= 0.6 is 22.7 Å². The summed E-state index contributed by atoms with van der Waals surface area (Å²) in [6.45, 7) is 6.20. The summed E-state index contributed by atoms with van der Waals surface area (Å²) in [5.74, 6) is 0.622. The number of nitrogens with one attached hydrogen (secondary N) is 1. The Labute approximate surface area is 127 Å². The Morgan fingerprint density at radius 1 is 1.50 bits per heavy atom. The van der Waals surface area contributed by atoms with Gasteiger partial charge >= 0.3 is 0 Å². The molecule has 0 amide bonds. The number of aromatic nitrogens is 2. The van der Waals surface area contributed by atoms with E-state index in [9.17, 15) is 0 Å². The van der Waals surface area contributed by atoms with Gasteiger partial charge in [0.15, 0.2) is 5.13 Å². The monoisotopic (exact) mass is 309 g/mol. The Morgan fingerprint density at radius 3 is 3.15 bits per heavy atom. The summed E-state index contributed by atoms with van der Waals surface area (Å²) >= 11 is 3.35. The predicted molar refractivity (Wildman–Crippen MR) is 84.5 cm³/mol. The molecule has 0 saturated carbocycles. The van der Waals surface area contributed by atoms with Crippen molar-refractivity contribution in [1.82, 2.24) is 9.97 Å². The van der Waals surface area contributed by atoms with E-state index in [0.29, 0.717) is 5.92 Å². The van der Waals surface area contributed by atoms with Crippen LogP contribution in [0.1, 0.15) is 37.8 Å². The molecule has 1 fully saturated rings. The van der Waals surface area contributed by atoms with Crippen molar-refractivity contribution >= 4 is 27.8 Å². The topological polar surface area (TPSA) is 47.0 Å². The standard InChI is InChI=1S/C14H19N3OS2/c1-9(2)6-16-14-17-10(8-19-14)12-7-15-13(20-12)11-4-3-5-18-11/h7-9,11H,3-6H2,1-2H3,(H,16,17). The summed E-state index contributed by atoms with van der Waals surface area (Å²) in [6.07, 6.45) is 4.35. The molecule has 0 radical (unpaired) electrons. The van der Waals surface area contributed by atoms with E-state index in [-0.39, 0.29) is 6.10 Å². The fourth-order valence-corrected chi connectivity index (χ4v) is 3.84. The SMILES string of the molecule is CC(C)CNc1nc(-c2cnc(C3CCCO3)s2)cs1. The van der Waals surface area contributed by atoms with E-state index in [1.54, 1.807) is 22.7 Å². The molecule has 108 valence electrons. The lowest BCUT2D eigenvalue weighted by Gasteiger charge is -2.04. The number of hydrogen-bond acceptors (Lipinski definition) is 6. The van der Waals surface area contributed by atoms with E-state index in [2.05, 4.69) is 34.5 Å². The van der Waals surface area contributed by atoms with Gasteiger partial charge in [-0.2, -0.15) is 0 Å². The lowest BCUT2D eigenvalue weighted by atomic mass is 10.2. The van der Waals surface area contributed by atoms with Crippen LogP contribution in [0, 0.1) is 5.92 Å². The molecular weight excluding hydrogens is 290 g/mol. The molecule has 0 bridgehead atoms. The first-order valence-electron chi connectivity index (χ1n) is 6.99. The molecule has 1 N–H and O–H groups in total. The van der Waals surface area contributed by atoms with Crippen LogP contribution in [-0.4, -0.2) is 23.1 Å². The molecule has 3 rings (SSSR count). The molecular formula is C14H19N3OS2. The van der Waals surface area contributed by atoms with Crippen LogP contribution in [-0.2, 0) is 4.74 Å². The molecule has 0 aliphatic carbocycles. The first-order chi connectivity index (χ1) is 9.72. The van der Waals surface area contributed by atoms with Gasteiger partial charge in [-0.1, -0.05) is 13.8 Å². The number of ether oxygens (including phenoxy) is 1. The minimum absolute atomic E-state index is 0.200. The van der Waals surface area contributed by atoms with E-state index in [4.69, 9.17) is 4.74 Å². The largest absolute Gasteiger partial charge is 0.371 e. The zero-order chi connectivity index (χ0) is 13.9. The van der Waals surface area contributed by atoms with Gasteiger partial charge in [0.1, 0.15) is 11.1 Å². The van der Waals surface area contributed by atoms with E-state index in [0.717, 1.165) is 46.7 Å². The van der Waals surface area contributed by atoms with Gasteiger partial charge in [0.25, 0.3) is 0 Å². The van der Waals surface area contributed by atoms with Gasteiger partial charge in [-0.05, 0) is 18.8 Å². The van der Waals surface area contributed by atoms with E-state index in [1.807, 2.05) is 6.20 Å². The Kier molecular flexibility index (Phi) is 4.33. The second kappa shape index (κ2) is 6.20. The molecule has 0 aromatic carbocycles. The number of rotatable bonds is 5. The Balaban J connectivity index is 1.69. The summed E-state index contributed by atoms with van der Waals surface area (Å²) in [5.41, 5.74) is 1.02. The van der Waals surface area contributed by atoms with Gasteiger partial charge in [-0.15, -0.1) is 22.7 Å². The number of anilines is 1. The van der Waals surface area contributed by atoms with Crippen molar-refractivity contribution in [3.8, 4) is 10.6 Å². The smallest absolute Gasteiger partial charge is 0.183 e. The first-order valence-corrected chi connectivity index (χ1v) is 8.69. The second-order valence-corrected chi connectivity index (χ2v) is 7.30. The van der Waals surface area contributed by atoms with E-state index < -0.39 is 0 Å². The van der Waals surface area contributed by atoms with Crippen molar-refractivity contribution < 1.29 is 4.74 Å². The molecule has 2 aromatic heterocycles. The van der Waals surface area contributed by atoms with Crippen LogP contribution in [0.4, 0.5) is 5.13 Å². The number of hydrogen-bond donors (Lipinski definition) is 1. The van der Waals surface area contributed by atoms with Gasteiger partial charge in [0.2, 0.25) is 0 Å². The molecule has 1 aliphatic rings. The van der Waals surface area contributed by atoms with Crippen LogP contribution in [0.25, 0.3) is 10.6 Å². The lowest BCUT2D eigenvalue weighted by Crippen LogP contribution is -2.07. The lowest BCUT2D eigenvalue weighted by molar-refractivity contribution is 0.111. The zero-order valence-corrected chi connectivity index (χ0v) is 13.4. The highest BCUT2D eigenvalue weighted by atomic mass is 32.1. The van der Waals surface area contributed by atoms with Crippen LogP contribution in [0.15, 0.2) is 11.6 Å². The molecule has 20 heavy (non-hydrogen) atoms. The minimum Gasteiger partial charge on any atom is -0.371 e. The number of thiazole rings is 2. The highest BCUT2D eigenvalue weighted by Crippen LogP contribution is 2.35. The van der Waals surface area contributed by atoms with Gasteiger partial charge < -0.3 is 10.1 Å². The van der Waals surface area contributed by atoms with Crippen molar-refractivity contribution in [3.63, 3.8) is 0 Å². The van der Waals surface area contributed by atoms with Gasteiger partial charge in [0.05, 0.1) is 10.6 Å². The number of nitrogens with zero attached hydrogens (tertiary/aromatic N) is 2. The molecule has 2 aromatic rings. The average Bonchev–Trinajstić information content (AvgIpc) is 3.15. The van der Waals surface area contributed by atoms with E-state index >= 15 is 0 Å². The fraction of sp³-hybridized carbons (Fsp3) is 0.571. The minimum atomic E-state index is 0.200. The zero-order valence-electron chi connectivity index (χ0n) is 11.8. The summed E-state index contributed by atoms with van der Waals surface area (Å²) in [4.78, 5) is 10.3. The molecule has 1 unspecified atom stereocenters. The van der Waals surface area contributed by atoms with Gasteiger partial charge in [-0.25, -0.2) is 9.97 Å². The molecule has 1 aliphatic heterocycles. The Hall–Kier alpha value is -0.980. The highest BCUT2D eigenvalue weighted by Gasteiger charge is 2.21. The third-order valence-corrected chi connectivity index (χ3v) is 5.06. The van der Waals surface area contributed by atoms with Crippen LogP contribution in [0.5, 0.6) is 0 Å². The summed E-state index contributed by atoms with van der Waals surface area (Å²) in [5, 5.41) is 7.53. The Morgan fingerprint density at radius 2 is 2.40 bits per heavy atom. The maximum atomic E-state index is 5.68. The fourth-order valence-electron chi connectivity index (χ4n) is 2.09. The summed E-state index contributed by atoms with van der Waals surface area (Å²) in [7, 11) is 0. The third-order valence-electron chi connectivity index (χ3n) is 3.15. The maximum Gasteiger partial charge on any atom is 0.183 e. The Bertz CT molecular complexity index is 558. The molecule has 6 heteroatoms. The normalized spacial score (nSPS) is 18.9.